The molecule has 0 spiro atoms. The van der Waals surface area contributed by atoms with Gasteiger partial charge in [0.2, 0.25) is 0 Å². The summed E-state index contributed by atoms with van der Waals surface area (Å²) in [4.78, 5) is 4.32. The van der Waals surface area contributed by atoms with E-state index in [1.165, 1.54) is 37.8 Å². The highest BCUT2D eigenvalue weighted by molar-refractivity contribution is 7.07. The zero-order chi connectivity index (χ0) is 12.1. The van der Waals surface area contributed by atoms with E-state index in [9.17, 15) is 0 Å². The van der Waals surface area contributed by atoms with E-state index in [4.69, 9.17) is 0 Å². The van der Waals surface area contributed by atoms with Crippen molar-refractivity contribution in [2.45, 2.75) is 58.5 Å². The molecule has 2 atom stereocenters. The number of nitrogens with zero attached hydrogens (tertiary/aromatic N) is 1. The molecule has 1 heterocycles. The molecule has 1 saturated carbocycles. The molecule has 1 fully saturated rings. The third-order valence-corrected chi connectivity index (χ3v) is 4.65. The van der Waals surface area contributed by atoms with Gasteiger partial charge in [0.15, 0.2) is 0 Å². The summed E-state index contributed by atoms with van der Waals surface area (Å²) in [7, 11) is 0. The quantitative estimate of drug-likeness (QED) is 0.824. The Morgan fingerprint density at radius 2 is 2.24 bits per heavy atom. The first-order valence-corrected chi connectivity index (χ1v) is 7.80. The lowest BCUT2D eigenvalue weighted by Crippen LogP contribution is -2.28. The van der Waals surface area contributed by atoms with E-state index in [1.54, 1.807) is 11.3 Å². The molecule has 1 N–H and O–H groups in total. The zero-order valence-corrected chi connectivity index (χ0v) is 11.8. The maximum atomic E-state index is 4.32. The third kappa shape index (κ3) is 4.07. The maximum Gasteiger partial charge on any atom is 0.0795 e. The van der Waals surface area contributed by atoms with Gasteiger partial charge in [-0.2, -0.15) is 0 Å². The third-order valence-electron chi connectivity index (χ3n) is 4.01. The first kappa shape index (κ1) is 13.0. The lowest BCUT2D eigenvalue weighted by Gasteiger charge is -2.18. The Morgan fingerprint density at radius 1 is 1.35 bits per heavy atom. The van der Waals surface area contributed by atoms with Crippen LogP contribution in [0.3, 0.4) is 0 Å². The fraction of sp³-hybridized carbons (Fsp3) is 0.786. The SMILES string of the molecule is CC(C)C1CCCC(NCc2cscn2)CC1. The monoisotopic (exact) mass is 252 g/mol. The van der Waals surface area contributed by atoms with Crippen LogP contribution in [0.25, 0.3) is 0 Å². The molecule has 2 unspecified atom stereocenters. The fourth-order valence-electron chi connectivity index (χ4n) is 2.77. The van der Waals surface area contributed by atoms with E-state index in [2.05, 4.69) is 29.5 Å². The highest BCUT2D eigenvalue weighted by Gasteiger charge is 2.20. The molecule has 1 aromatic heterocycles. The molecule has 1 aliphatic rings. The normalized spacial score (nSPS) is 26.1. The summed E-state index contributed by atoms with van der Waals surface area (Å²) in [5.74, 6) is 1.80. The average Bonchev–Trinajstić information content (AvgIpc) is 2.70. The number of aromatic nitrogens is 1. The largest absolute Gasteiger partial charge is 0.308 e. The first-order valence-electron chi connectivity index (χ1n) is 6.86. The van der Waals surface area contributed by atoms with Crippen LogP contribution in [-0.2, 0) is 6.54 Å². The van der Waals surface area contributed by atoms with Gasteiger partial charge in [0.25, 0.3) is 0 Å². The van der Waals surface area contributed by atoms with Crippen molar-refractivity contribution in [1.82, 2.24) is 10.3 Å². The van der Waals surface area contributed by atoms with E-state index in [0.29, 0.717) is 6.04 Å². The second kappa shape index (κ2) is 6.50. The van der Waals surface area contributed by atoms with Crippen molar-refractivity contribution in [2.24, 2.45) is 11.8 Å². The van der Waals surface area contributed by atoms with Gasteiger partial charge < -0.3 is 5.32 Å². The fourth-order valence-corrected chi connectivity index (χ4v) is 3.33. The molecule has 0 amide bonds. The van der Waals surface area contributed by atoms with Crippen LogP contribution in [-0.4, -0.2) is 11.0 Å². The summed E-state index contributed by atoms with van der Waals surface area (Å²) < 4.78 is 0. The van der Waals surface area contributed by atoms with Crippen molar-refractivity contribution in [3.8, 4) is 0 Å². The number of hydrogen-bond acceptors (Lipinski definition) is 3. The van der Waals surface area contributed by atoms with E-state index < -0.39 is 0 Å². The Morgan fingerprint density at radius 3 is 2.94 bits per heavy atom. The van der Waals surface area contributed by atoms with E-state index >= 15 is 0 Å². The minimum Gasteiger partial charge on any atom is -0.308 e. The molecule has 2 rings (SSSR count). The summed E-state index contributed by atoms with van der Waals surface area (Å²) in [5.41, 5.74) is 3.11. The van der Waals surface area contributed by atoms with Gasteiger partial charge in [-0.05, 0) is 31.1 Å². The molecule has 2 nitrogen and oxygen atoms in total. The summed E-state index contributed by atoms with van der Waals surface area (Å²) in [6.07, 6.45) is 6.89. The molecule has 0 aliphatic heterocycles. The number of hydrogen-bond donors (Lipinski definition) is 1. The van der Waals surface area contributed by atoms with Crippen LogP contribution < -0.4 is 5.32 Å². The predicted molar refractivity (Wildman–Crippen MR) is 74.2 cm³/mol. The van der Waals surface area contributed by atoms with Crippen molar-refractivity contribution < 1.29 is 0 Å². The molecular formula is C14H24N2S. The lowest BCUT2D eigenvalue weighted by atomic mass is 9.89. The second-order valence-corrected chi connectivity index (χ2v) is 6.29. The molecule has 3 heteroatoms. The average molecular weight is 252 g/mol. The van der Waals surface area contributed by atoms with Gasteiger partial charge in [-0.25, -0.2) is 4.98 Å². The lowest BCUT2D eigenvalue weighted by molar-refractivity contribution is 0.337. The van der Waals surface area contributed by atoms with Gasteiger partial charge in [-0.15, -0.1) is 11.3 Å². The molecular weight excluding hydrogens is 228 g/mol. The van der Waals surface area contributed by atoms with Crippen molar-refractivity contribution in [2.75, 3.05) is 0 Å². The Labute approximate surface area is 109 Å². The van der Waals surface area contributed by atoms with Gasteiger partial charge in [-0.1, -0.05) is 26.7 Å². The molecule has 17 heavy (non-hydrogen) atoms. The van der Waals surface area contributed by atoms with E-state index in [1.807, 2.05) is 5.51 Å². The minimum absolute atomic E-state index is 0.709. The van der Waals surface area contributed by atoms with Crippen LogP contribution in [0.15, 0.2) is 10.9 Å². The summed E-state index contributed by atoms with van der Waals surface area (Å²) in [5, 5.41) is 5.81. The maximum absolute atomic E-state index is 4.32. The van der Waals surface area contributed by atoms with Crippen LogP contribution in [0, 0.1) is 11.8 Å². The molecule has 0 bridgehead atoms. The van der Waals surface area contributed by atoms with E-state index in [-0.39, 0.29) is 0 Å². The standard InChI is InChI=1S/C14H24N2S/c1-11(2)12-4-3-5-13(7-6-12)15-8-14-9-17-10-16-14/h9-13,15H,3-8H2,1-2H3. The molecule has 1 aromatic rings. The van der Waals surface area contributed by atoms with Gasteiger partial charge in [0.05, 0.1) is 11.2 Å². The summed E-state index contributed by atoms with van der Waals surface area (Å²) in [6, 6.07) is 0.709. The Hall–Kier alpha value is -0.410. The number of rotatable bonds is 4. The number of nitrogens with one attached hydrogen (secondary N) is 1. The van der Waals surface area contributed by atoms with Crippen LogP contribution in [0.5, 0.6) is 0 Å². The molecule has 0 radical (unpaired) electrons. The van der Waals surface area contributed by atoms with Crippen LogP contribution in [0.4, 0.5) is 0 Å². The zero-order valence-electron chi connectivity index (χ0n) is 11.0. The molecule has 0 saturated heterocycles. The van der Waals surface area contributed by atoms with Gasteiger partial charge >= 0.3 is 0 Å². The Balaban J connectivity index is 1.75. The highest BCUT2D eigenvalue weighted by Crippen LogP contribution is 2.28. The second-order valence-electron chi connectivity index (χ2n) is 5.57. The molecule has 1 aliphatic carbocycles. The van der Waals surface area contributed by atoms with Gasteiger partial charge in [0, 0.05) is 18.0 Å². The van der Waals surface area contributed by atoms with Crippen molar-refractivity contribution in [1.29, 1.82) is 0 Å². The van der Waals surface area contributed by atoms with Gasteiger partial charge in [-0.3, -0.25) is 0 Å². The molecule has 96 valence electrons. The van der Waals surface area contributed by atoms with Crippen LogP contribution in [0.1, 0.15) is 51.6 Å². The van der Waals surface area contributed by atoms with Crippen molar-refractivity contribution in [3.63, 3.8) is 0 Å². The van der Waals surface area contributed by atoms with Crippen LogP contribution in [0.2, 0.25) is 0 Å². The predicted octanol–water partition coefficient (Wildman–Crippen LogP) is 3.84. The van der Waals surface area contributed by atoms with Gasteiger partial charge in [0.1, 0.15) is 0 Å². The smallest absolute Gasteiger partial charge is 0.0795 e. The van der Waals surface area contributed by atoms with E-state index in [0.717, 1.165) is 18.4 Å². The first-order chi connectivity index (χ1) is 8.25. The minimum atomic E-state index is 0.709. The Bertz CT molecular complexity index is 308. The topological polar surface area (TPSA) is 24.9 Å². The van der Waals surface area contributed by atoms with Crippen molar-refractivity contribution >= 4 is 11.3 Å². The van der Waals surface area contributed by atoms with Crippen LogP contribution >= 0.6 is 11.3 Å². The number of thiazole rings is 1. The Kier molecular flexibility index (Phi) is 4.99. The summed E-state index contributed by atoms with van der Waals surface area (Å²) in [6.45, 7) is 5.68. The highest BCUT2D eigenvalue weighted by atomic mass is 32.1. The molecule has 0 aromatic carbocycles. The summed E-state index contributed by atoms with van der Waals surface area (Å²) >= 11 is 1.68. The van der Waals surface area contributed by atoms with Crippen molar-refractivity contribution in [3.05, 3.63) is 16.6 Å².